The first kappa shape index (κ1) is 32.9. The number of para-hydroxylation sites is 1. The van der Waals surface area contributed by atoms with Gasteiger partial charge in [-0.05, 0) is 94.3 Å². The molecule has 0 aliphatic heterocycles. The summed E-state index contributed by atoms with van der Waals surface area (Å²) in [5, 5.41) is 16.0. The van der Waals surface area contributed by atoms with Crippen molar-refractivity contribution in [2.45, 2.75) is 85.0 Å². The van der Waals surface area contributed by atoms with Gasteiger partial charge in [-0.25, -0.2) is 4.79 Å². The summed E-state index contributed by atoms with van der Waals surface area (Å²) in [5.41, 5.74) is 3.79. The van der Waals surface area contributed by atoms with Crippen LogP contribution in [0.15, 0.2) is 60.7 Å². The number of ether oxygens (including phenoxy) is 1. The summed E-state index contributed by atoms with van der Waals surface area (Å²) in [5.74, 6) is -0.569. The molecule has 4 unspecified atom stereocenters. The van der Waals surface area contributed by atoms with E-state index < -0.39 is 35.6 Å². The van der Waals surface area contributed by atoms with Gasteiger partial charge in [-0.3, -0.25) is 9.59 Å². The maximum atomic E-state index is 14.7. The van der Waals surface area contributed by atoms with Crippen LogP contribution in [0.4, 0.5) is 10.5 Å². The number of phenols is 1. The molecule has 1 fully saturated rings. The molecule has 0 aromatic heterocycles. The van der Waals surface area contributed by atoms with Crippen molar-refractivity contribution in [3.63, 3.8) is 0 Å². The van der Waals surface area contributed by atoms with Crippen LogP contribution in [0.2, 0.25) is 5.02 Å². The topological polar surface area (TPSA) is 108 Å². The maximum Gasteiger partial charge on any atom is 0.408 e. The summed E-state index contributed by atoms with van der Waals surface area (Å²) in [7, 11) is 0. The number of phenolic OH excluding ortho intramolecular Hbond substituents is 1. The van der Waals surface area contributed by atoms with Crippen molar-refractivity contribution < 1.29 is 24.2 Å². The van der Waals surface area contributed by atoms with Crippen LogP contribution in [-0.2, 0) is 20.7 Å². The van der Waals surface area contributed by atoms with Gasteiger partial charge in [-0.1, -0.05) is 66.6 Å². The number of carbonyl (C=O) groups excluding carboxylic acids is 3. The lowest BCUT2D eigenvalue weighted by molar-refractivity contribution is -0.141. The van der Waals surface area contributed by atoms with Gasteiger partial charge in [-0.15, -0.1) is 0 Å². The fourth-order valence-corrected chi connectivity index (χ4v) is 5.67. The minimum atomic E-state index is -1.05. The van der Waals surface area contributed by atoms with Gasteiger partial charge in [-0.2, -0.15) is 0 Å². The molecule has 8 nitrogen and oxygen atoms in total. The summed E-state index contributed by atoms with van der Waals surface area (Å²) in [6, 6.07) is 15.4. The zero-order chi connectivity index (χ0) is 32.3. The van der Waals surface area contributed by atoms with E-state index in [0.29, 0.717) is 22.7 Å². The number of nitrogens with one attached hydrogen (secondary N) is 2. The predicted octanol–water partition coefficient (Wildman–Crippen LogP) is 7.02. The molecule has 44 heavy (non-hydrogen) atoms. The molecule has 1 aliphatic rings. The van der Waals surface area contributed by atoms with Crippen LogP contribution >= 0.6 is 11.6 Å². The summed E-state index contributed by atoms with van der Waals surface area (Å²) < 4.78 is 5.53. The Morgan fingerprint density at radius 2 is 1.68 bits per heavy atom. The molecule has 1 saturated carbocycles. The quantitative estimate of drug-likeness (QED) is 0.238. The van der Waals surface area contributed by atoms with E-state index >= 15 is 0 Å². The molecular formula is C35H42ClN3O5. The first-order valence-electron chi connectivity index (χ1n) is 14.9. The number of aryl methyl sites for hydroxylation is 3. The van der Waals surface area contributed by atoms with Crippen LogP contribution in [0, 0.1) is 26.7 Å². The Balaban J connectivity index is 1.80. The van der Waals surface area contributed by atoms with Crippen molar-refractivity contribution >= 4 is 35.2 Å². The third-order valence-electron chi connectivity index (χ3n) is 7.76. The normalized spacial score (nSPS) is 17.3. The number of hydrogen-bond acceptors (Lipinski definition) is 5. The highest BCUT2D eigenvalue weighted by Crippen LogP contribution is 2.42. The highest BCUT2D eigenvalue weighted by Gasteiger charge is 2.48. The number of anilines is 1. The number of nitrogens with zero attached hydrogens (tertiary/aromatic N) is 1. The van der Waals surface area contributed by atoms with E-state index in [2.05, 4.69) is 10.6 Å². The van der Waals surface area contributed by atoms with Gasteiger partial charge in [0.25, 0.3) is 5.91 Å². The Labute approximate surface area is 264 Å². The van der Waals surface area contributed by atoms with E-state index in [-0.39, 0.29) is 24.1 Å². The zero-order valence-corrected chi connectivity index (χ0v) is 27.2. The van der Waals surface area contributed by atoms with Gasteiger partial charge in [0.15, 0.2) is 0 Å². The van der Waals surface area contributed by atoms with Crippen LogP contribution in [0.3, 0.4) is 0 Å². The fourth-order valence-electron chi connectivity index (χ4n) is 5.40. The van der Waals surface area contributed by atoms with E-state index in [1.165, 1.54) is 12.1 Å². The third kappa shape index (κ3) is 8.11. The lowest BCUT2D eigenvalue weighted by Gasteiger charge is -2.36. The molecule has 0 radical (unpaired) electrons. The molecule has 3 amide bonds. The Morgan fingerprint density at radius 1 is 1.02 bits per heavy atom. The Morgan fingerprint density at radius 3 is 2.25 bits per heavy atom. The minimum Gasteiger partial charge on any atom is -0.508 e. The van der Waals surface area contributed by atoms with Crippen molar-refractivity contribution in [1.82, 2.24) is 10.2 Å². The molecule has 0 saturated heterocycles. The third-order valence-corrected chi connectivity index (χ3v) is 8.08. The number of amides is 3. The van der Waals surface area contributed by atoms with Crippen LogP contribution < -0.4 is 10.6 Å². The lowest BCUT2D eigenvalue weighted by Crippen LogP contribution is -2.54. The van der Waals surface area contributed by atoms with Gasteiger partial charge in [0.2, 0.25) is 5.91 Å². The van der Waals surface area contributed by atoms with Crippen LogP contribution in [0.1, 0.15) is 68.0 Å². The lowest BCUT2D eigenvalue weighted by atomic mass is 9.95. The van der Waals surface area contributed by atoms with E-state index in [0.717, 1.165) is 22.3 Å². The van der Waals surface area contributed by atoms with Crippen molar-refractivity contribution in [2.75, 3.05) is 5.32 Å². The van der Waals surface area contributed by atoms with Gasteiger partial charge in [0, 0.05) is 12.5 Å². The molecule has 0 bridgehead atoms. The number of halogens is 1. The van der Waals surface area contributed by atoms with Crippen molar-refractivity contribution in [2.24, 2.45) is 5.92 Å². The summed E-state index contributed by atoms with van der Waals surface area (Å²) >= 11 is 6.50. The molecule has 3 aromatic rings. The van der Waals surface area contributed by atoms with E-state index in [1.807, 2.05) is 58.0 Å². The molecule has 0 heterocycles. The van der Waals surface area contributed by atoms with Crippen molar-refractivity contribution in [1.29, 1.82) is 0 Å². The molecule has 0 spiro atoms. The maximum absolute atomic E-state index is 14.7. The van der Waals surface area contributed by atoms with E-state index in [9.17, 15) is 19.5 Å². The van der Waals surface area contributed by atoms with Gasteiger partial charge >= 0.3 is 6.09 Å². The molecule has 9 heteroatoms. The smallest absolute Gasteiger partial charge is 0.408 e. The van der Waals surface area contributed by atoms with E-state index in [1.54, 1.807) is 43.9 Å². The summed E-state index contributed by atoms with van der Waals surface area (Å²) in [6.07, 6.45) is 0.0997. The first-order chi connectivity index (χ1) is 20.6. The highest BCUT2D eigenvalue weighted by molar-refractivity contribution is 6.34. The zero-order valence-electron chi connectivity index (χ0n) is 26.4. The van der Waals surface area contributed by atoms with E-state index in [4.69, 9.17) is 16.3 Å². The van der Waals surface area contributed by atoms with Crippen molar-refractivity contribution in [3.8, 4) is 5.75 Å². The summed E-state index contributed by atoms with van der Waals surface area (Å²) in [6.45, 7) is 13.0. The molecule has 1 aliphatic carbocycles. The molecule has 3 N–H and O–H groups in total. The minimum absolute atomic E-state index is 0.0895. The average Bonchev–Trinajstić information content (AvgIpc) is 3.64. The molecular weight excluding hydrogens is 578 g/mol. The monoisotopic (exact) mass is 619 g/mol. The molecule has 4 rings (SSSR count). The molecule has 4 atom stereocenters. The van der Waals surface area contributed by atoms with Crippen LogP contribution in [0.5, 0.6) is 5.75 Å². The van der Waals surface area contributed by atoms with Crippen molar-refractivity contribution in [3.05, 3.63) is 93.5 Å². The van der Waals surface area contributed by atoms with Crippen LogP contribution in [0.25, 0.3) is 0 Å². The first-order valence-corrected chi connectivity index (χ1v) is 15.2. The SMILES string of the molecule is Cc1ccc(C(C(=O)Nc2c(C)cccc2Cl)N(C(=O)C(Cc2ccc(O)cc2)NC(=O)OC(C)(C)C)C2CC2C)c(C)c1. The van der Waals surface area contributed by atoms with Gasteiger partial charge in [0.05, 0.1) is 10.7 Å². The predicted molar refractivity (Wildman–Crippen MR) is 173 cm³/mol. The second-order valence-electron chi connectivity index (χ2n) is 12.8. The number of rotatable bonds is 9. The van der Waals surface area contributed by atoms with Gasteiger partial charge in [0.1, 0.15) is 23.4 Å². The summed E-state index contributed by atoms with van der Waals surface area (Å²) in [4.78, 5) is 43.8. The Kier molecular flexibility index (Phi) is 9.94. The standard InChI is InChI=1S/C35H42ClN3O5/c1-20-11-16-26(22(3)17-20)31(32(41)38-30-21(2)9-8-10-27(30)36)39(29-18-23(29)4)33(42)28(37-34(43)44-35(5,6)7)19-24-12-14-25(40)15-13-24/h8-17,23,28-29,31,40H,18-19H2,1-7H3,(H,37,43)(H,38,41). The largest absolute Gasteiger partial charge is 0.508 e. The highest BCUT2D eigenvalue weighted by atomic mass is 35.5. The Bertz CT molecular complexity index is 1510. The second kappa shape index (κ2) is 13.3. The van der Waals surface area contributed by atoms with Crippen LogP contribution in [-0.4, -0.2) is 45.6 Å². The average molecular weight is 620 g/mol. The number of benzene rings is 3. The Hall–Kier alpha value is -4.04. The fraction of sp³-hybridized carbons (Fsp3) is 0.400. The molecule has 234 valence electrons. The second-order valence-corrected chi connectivity index (χ2v) is 13.2. The molecule has 3 aromatic carbocycles. The number of hydrogen-bond donors (Lipinski definition) is 3. The number of alkyl carbamates (subject to hydrolysis) is 1. The van der Waals surface area contributed by atoms with Gasteiger partial charge < -0.3 is 25.4 Å². The number of aromatic hydroxyl groups is 1. The number of carbonyl (C=O) groups is 3.